The van der Waals surface area contributed by atoms with Gasteiger partial charge in [-0.25, -0.2) is 0 Å². The first-order chi connectivity index (χ1) is 7.79. The molecule has 0 aromatic heterocycles. The molecule has 1 aliphatic heterocycles. The number of para-hydroxylation sites is 2. The van der Waals surface area contributed by atoms with Crippen LogP contribution in [0.25, 0.3) is 11.1 Å². The lowest BCUT2D eigenvalue weighted by Crippen LogP contribution is -2.40. The van der Waals surface area contributed by atoms with Crippen LogP contribution in [0.1, 0.15) is 0 Å². The van der Waals surface area contributed by atoms with E-state index in [9.17, 15) is 10.4 Å². The van der Waals surface area contributed by atoms with Crippen molar-refractivity contribution >= 4 is 11.4 Å². The number of nitrogens with zero attached hydrogens (tertiary/aromatic N) is 2. The molecule has 0 amide bonds. The van der Waals surface area contributed by atoms with E-state index in [1.54, 1.807) is 12.1 Å². The number of rotatable bonds is 0. The summed E-state index contributed by atoms with van der Waals surface area (Å²) >= 11 is 0. The van der Waals surface area contributed by atoms with Gasteiger partial charge in [-0.3, -0.25) is 10.4 Å². The zero-order chi connectivity index (χ0) is 11.1. The van der Waals surface area contributed by atoms with Gasteiger partial charge in [-0.05, 0) is 12.1 Å². The summed E-state index contributed by atoms with van der Waals surface area (Å²) in [6.45, 7) is 0. The van der Waals surface area contributed by atoms with Gasteiger partial charge in [-0.2, -0.15) is 0 Å². The Labute approximate surface area is 92.5 Å². The third-order valence-corrected chi connectivity index (χ3v) is 2.71. The lowest BCUT2D eigenvalue weighted by Gasteiger charge is -2.33. The van der Waals surface area contributed by atoms with Crippen LogP contribution in [0.15, 0.2) is 48.5 Å². The van der Waals surface area contributed by atoms with Crippen molar-refractivity contribution in [1.29, 1.82) is 0 Å². The van der Waals surface area contributed by atoms with Gasteiger partial charge < -0.3 is 0 Å². The predicted molar refractivity (Wildman–Crippen MR) is 60.4 cm³/mol. The van der Waals surface area contributed by atoms with Gasteiger partial charge in [0, 0.05) is 11.1 Å². The molecule has 0 saturated carbocycles. The van der Waals surface area contributed by atoms with E-state index in [-0.39, 0.29) is 0 Å². The maximum absolute atomic E-state index is 9.79. The van der Waals surface area contributed by atoms with E-state index in [0.29, 0.717) is 11.4 Å². The normalized spacial score (nSPS) is 13.4. The van der Waals surface area contributed by atoms with Crippen LogP contribution in [-0.4, -0.2) is 10.4 Å². The predicted octanol–water partition coefficient (Wildman–Crippen LogP) is 2.67. The summed E-state index contributed by atoms with van der Waals surface area (Å²) in [6, 6.07) is 14.7. The topological polar surface area (TPSA) is 46.9 Å². The van der Waals surface area contributed by atoms with Crippen LogP contribution in [0.5, 0.6) is 0 Å². The maximum atomic E-state index is 9.79. The molecule has 1 aliphatic rings. The Bertz CT molecular complexity index is 493. The average Bonchev–Trinajstić information content (AvgIpc) is 2.36. The summed E-state index contributed by atoms with van der Waals surface area (Å²) in [4.78, 5) is 0. The Morgan fingerprint density at radius 1 is 0.625 bits per heavy atom. The molecule has 0 bridgehead atoms. The zero-order valence-corrected chi connectivity index (χ0v) is 8.41. The number of benzene rings is 2. The zero-order valence-electron chi connectivity index (χ0n) is 8.41. The Morgan fingerprint density at radius 2 is 1.00 bits per heavy atom. The molecule has 16 heavy (non-hydrogen) atoms. The van der Waals surface area contributed by atoms with Crippen LogP contribution in [-0.2, 0) is 0 Å². The van der Waals surface area contributed by atoms with Crippen molar-refractivity contribution in [3.8, 4) is 11.1 Å². The summed E-state index contributed by atoms with van der Waals surface area (Å²) in [5.74, 6) is 0. The third kappa shape index (κ3) is 1.11. The third-order valence-electron chi connectivity index (χ3n) is 2.71. The molecule has 2 aromatic rings. The van der Waals surface area contributed by atoms with Crippen molar-refractivity contribution < 1.29 is 10.4 Å². The molecule has 2 aromatic carbocycles. The highest BCUT2D eigenvalue weighted by Crippen LogP contribution is 2.41. The fraction of sp³-hybridized carbons (Fsp3) is 0. The standard InChI is InChI=1S/C12H10N2O2/c15-13-11-7-3-1-5-9(11)10-6-2-4-8-12(10)14(13)16/h1-8,15-16H. The summed E-state index contributed by atoms with van der Waals surface area (Å²) in [5, 5.41) is 21.0. The van der Waals surface area contributed by atoms with Crippen LogP contribution >= 0.6 is 0 Å². The number of fused-ring (bicyclic) bond motifs is 3. The van der Waals surface area contributed by atoms with Gasteiger partial charge >= 0.3 is 0 Å². The summed E-state index contributed by atoms with van der Waals surface area (Å²) in [5.41, 5.74) is 2.91. The molecule has 0 radical (unpaired) electrons. The fourth-order valence-electron chi connectivity index (χ4n) is 1.96. The van der Waals surface area contributed by atoms with Crippen molar-refractivity contribution in [3.63, 3.8) is 0 Å². The van der Waals surface area contributed by atoms with Gasteiger partial charge in [0.2, 0.25) is 0 Å². The first-order valence-electron chi connectivity index (χ1n) is 4.95. The average molecular weight is 214 g/mol. The summed E-state index contributed by atoms with van der Waals surface area (Å²) in [7, 11) is 0. The molecule has 0 atom stereocenters. The molecule has 2 N–H and O–H groups in total. The van der Waals surface area contributed by atoms with Gasteiger partial charge in [-0.1, -0.05) is 36.4 Å². The SMILES string of the molecule is ON1c2ccccc2-c2ccccc2N1O. The second-order valence-electron chi connectivity index (χ2n) is 3.61. The van der Waals surface area contributed by atoms with Crippen LogP contribution in [0.3, 0.4) is 0 Å². The molecular weight excluding hydrogens is 204 g/mol. The highest BCUT2D eigenvalue weighted by Gasteiger charge is 2.25. The van der Waals surface area contributed by atoms with E-state index in [0.717, 1.165) is 21.5 Å². The molecule has 0 aliphatic carbocycles. The quantitative estimate of drug-likeness (QED) is 0.707. The van der Waals surface area contributed by atoms with E-state index < -0.39 is 0 Å². The molecular formula is C12H10N2O2. The Morgan fingerprint density at radius 3 is 1.44 bits per heavy atom. The monoisotopic (exact) mass is 214 g/mol. The Balaban J connectivity index is 2.33. The largest absolute Gasteiger partial charge is 0.267 e. The summed E-state index contributed by atoms with van der Waals surface area (Å²) in [6.07, 6.45) is 0. The van der Waals surface area contributed by atoms with Crippen molar-refractivity contribution in [2.45, 2.75) is 0 Å². The number of hydrazine groups is 1. The second-order valence-corrected chi connectivity index (χ2v) is 3.61. The van der Waals surface area contributed by atoms with E-state index in [1.807, 2.05) is 36.4 Å². The van der Waals surface area contributed by atoms with E-state index in [2.05, 4.69) is 0 Å². The van der Waals surface area contributed by atoms with Gasteiger partial charge in [0.15, 0.2) is 0 Å². The number of hydrogen-bond donors (Lipinski definition) is 2. The molecule has 0 fully saturated rings. The van der Waals surface area contributed by atoms with Crippen molar-refractivity contribution in [2.75, 3.05) is 10.3 Å². The van der Waals surface area contributed by atoms with Crippen molar-refractivity contribution in [1.82, 2.24) is 0 Å². The number of hydrogen-bond acceptors (Lipinski definition) is 4. The molecule has 3 rings (SSSR count). The summed E-state index contributed by atoms with van der Waals surface area (Å²) < 4.78 is 0. The fourth-order valence-corrected chi connectivity index (χ4v) is 1.96. The Kier molecular flexibility index (Phi) is 1.86. The van der Waals surface area contributed by atoms with Gasteiger partial charge in [0.1, 0.15) is 0 Å². The van der Waals surface area contributed by atoms with Crippen molar-refractivity contribution in [2.24, 2.45) is 0 Å². The van der Waals surface area contributed by atoms with E-state index >= 15 is 0 Å². The first-order valence-corrected chi connectivity index (χ1v) is 4.95. The first kappa shape index (κ1) is 9.21. The lowest BCUT2D eigenvalue weighted by molar-refractivity contribution is 0.117. The molecule has 0 saturated heterocycles. The highest BCUT2D eigenvalue weighted by molar-refractivity contribution is 5.90. The Hall–Kier alpha value is -2.04. The van der Waals surface area contributed by atoms with Crippen LogP contribution in [0, 0.1) is 0 Å². The van der Waals surface area contributed by atoms with Gasteiger partial charge in [0.05, 0.1) is 11.4 Å². The van der Waals surface area contributed by atoms with E-state index in [1.165, 1.54) is 0 Å². The van der Waals surface area contributed by atoms with Crippen molar-refractivity contribution in [3.05, 3.63) is 48.5 Å². The second kappa shape index (κ2) is 3.23. The maximum Gasteiger partial charge on any atom is 0.0982 e. The minimum absolute atomic E-state index is 0.559. The molecule has 4 nitrogen and oxygen atoms in total. The van der Waals surface area contributed by atoms with Gasteiger partial charge in [-0.15, -0.1) is 10.3 Å². The molecule has 4 heteroatoms. The minimum atomic E-state index is 0.559. The van der Waals surface area contributed by atoms with Crippen LogP contribution in [0.4, 0.5) is 11.4 Å². The highest BCUT2D eigenvalue weighted by atomic mass is 16.7. The van der Waals surface area contributed by atoms with E-state index in [4.69, 9.17) is 0 Å². The van der Waals surface area contributed by atoms with Crippen LogP contribution in [0.2, 0.25) is 0 Å². The molecule has 0 spiro atoms. The van der Waals surface area contributed by atoms with Gasteiger partial charge in [0.25, 0.3) is 0 Å². The smallest absolute Gasteiger partial charge is 0.0982 e. The molecule has 1 heterocycles. The number of anilines is 2. The minimum Gasteiger partial charge on any atom is -0.267 e. The molecule has 80 valence electrons. The lowest BCUT2D eigenvalue weighted by atomic mass is 10.0. The van der Waals surface area contributed by atoms with Crippen LogP contribution < -0.4 is 10.3 Å². The molecule has 0 unspecified atom stereocenters.